The third-order valence-corrected chi connectivity index (χ3v) is 2.51. The monoisotopic (exact) mass is 277 g/mol. The van der Waals surface area contributed by atoms with Gasteiger partial charge in [-0.3, -0.25) is 19.9 Å². The molecule has 0 heterocycles. The van der Waals surface area contributed by atoms with Crippen LogP contribution in [0.3, 0.4) is 0 Å². The molecule has 0 bridgehead atoms. The molecule has 0 aliphatic heterocycles. The summed E-state index contributed by atoms with van der Waals surface area (Å²) in [6.07, 6.45) is 0.520. The number of benzene rings is 1. The fourth-order valence-electron chi connectivity index (χ4n) is 1.36. The Morgan fingerprint density at radius 3 is 2.56 bits per heavy atom. The molecule has 1 rings (SSSR count). The van der Waals surface area contributed by atoms with Crippen LogP contribution in [0.25, 0.3) is 0 Å². The molecular formula is C9H12NO7P. The fourth-order valence-corrected chi connectivity index (χ4v) is 1.80. The summed E-state index contributed by atoms with van der Waals surface area (Å²) in [5.74, 6) is -0.123. The van der Waals surface area contributed by atoms with Crippen molar-refractivity contribution < 1.29 is 28.9 Å². The van der Waals surface area contributed by atoms with E-state index in [1.165, 1.54) is 6.07 Å². The molecule has 0 atom stereocenters. The SMILES string of the molecule is O=[N+]([O-])c1ccc(OP(=O)(O)O)c(CCCO)c1. The number of nitro groups is 1. The largest absolute Gasteiger partial charge is 0.524 e. The summed E-state index contributed by atoms with van der Waals surface area (Å²) < 4.78 is 15.2. The standard InChI is InChI=1S/C9H12NO7P/c11-5-1-2-7-6-8(10(12)13)3-4-9(7)17-18(14,15)16/h3-4,6,11H,1-2,5H2,(H2,14,15,16). The van der Waals surface area contributed by atoms with Gasteiger partial charge >= 0.3 is 7.82 Å². The number of non-ortho nitro benzene ring substituents is 1. The fraction of sp³-hybridized carbons (Fsp3) is 0.333. The molecule has 0 saturated heterocycles. The van der Waals surface area contributed by atoms with Crippen molar-refractivity contribution in [1.82, 2.24) is 0 Å². The van der Waals surface area contributed by atoms with Crippen molar-refractivity contribution in [2.75, 3.05) is 6.61 Å². The second-order valence-electron chi connectivity index (χ2n) is 3.46. The zero-order chi connectivity index (χ0) is 13.8. The van der Waals surface area contributed by atoms with Crippen LogP contribution >= 0.6 is 7.82 Å². The van der Waals surface area contributed by atoms with Crippen molar-refractivity contribution in [3.63, 3.8) is 0 Å². The first-order valence-corrected chi connectivity index (χ1v) is 6.50. The molecule has 0 aliphatic rings. The Kier molecular flexibility index (Phi) is 4.80. The van der Waals surface area contributed by atoms with Crippen LogP contribution in [-0.2, 0) is 11.0 Å². The molecule has 18 heavy (non-hydrogen) atoms. The van der Waals surface area contributed by atoms with E-state index in [2.05, 4.69) is 4.52 Å². The van der Waals surface area contributed by atoms with Crippen molar-refractivity contribution in [3.8, 4) is 5.75 Å². The second kappa shape index (κ2) is 5.92. The van der Waals surface area contributed by atoms with Crippen LogP contribution in [0.1, 0.15) is 12.0 Å². The highest BCUT2D eigenvalue weighted by Gasteiger charge is 2.20. The lowest BCUT2D eigenvalue weighted by Crippen LogP contribution is -1.98. The van der Waals surface area contributed by atoms with Gasteiger partial charge in [0.15, 0.2) is 0 Å². The minimum absolute atomic E-state index is 0.123. The molecule has 0 saturated carbocycles. The van der Waals surface area contributed by atoms with E-state index in [-0.39, 0.29) is 30.0 Å². The predicted molar refractivity (Wildman–Crippen MR) is 61.2 cm³/mol. The zero-order valence-corrected chi connectivity index (χ0v) is 10.1. The van der Waals surface area contributed by atoms with E-state index in [1.54, 1.807) is 0 Å². The Bertz CT molecular complexity index is 484. The van der Waals surface area contributed by atoms with Gasteiger partial charge in [-0.05, 0) is 18.9 Å². The van der Waals surface area contributed by atoms with Crippen LogP contribution < -0.4 is 4.52 Å². The van der Waals surface area contributed by atoms with Crippen LogP contribution in [0.2, 0.25) is 0 Å². The van der Waals surface area contributed by atoms with Gasteiger partial charge in [0, 0.05) is 24.3 Å². The summed E-state index contributed by atoms with van der Waals surface area (Å²) in [5, 5.41) is 19.3. The van der Waals surface area contributed by atoms with Crippen LogP contribution in [0.5, 0.6) is 5.75 Å². The molecule has 0 amide bonds. The number of phosphoric ester groups is 1. The number of hydrogen-bond donors (Lipinski definition) is 3. The number of phosphoric acid groups is 1. The molecule has 0 radical (unpaired) electrons. The van der Waals surface area contributed by atoms with E-state index < -0.39 is 12.7 Å². The van der Waals surface area contributed by atoms with Gasteiger partial charge in [0.2, 0.25) is 0 Å². The predicted octanol–water partition coefficient (Wildman–Crippen LogP) is 0.991. The van der Waals surface area contributed by atoms with Crippen molar-refractivity contribution in [2.24, 2.45) is 0 Å². The van der Waals surface area contributed by atoms with Gasteiger partial charge in [0.25, 0.3) is 5.69 Å². The zero-order valence-electron chi connectivity index (χ0n) is 9.22. The number of aryl methyl sites for hydroxylation is 1. The molecule has 100 valence electrons. The molecule has 1 aromatic rings. The summed E-state index contributed by atoms with van der Waals surface area (Å²) >= 11 is 0. The highest BCUT2D eigenvalue weighted by molar-refractivity contribution is 7.46. The van der Waals surface area contributed by atoms with E-state index in [1.807, 2.05) is 0 Å². The topological polar surface area (TPSA) is 130 Å². The quantitative estimate of drug-likeness (QED) is 0.401. The maximum absolute atomic E-state index is 10.7. The van der Waals surface area contributed by atoms with Gasteiger partial charge in [0.1, 0.15) is 5.75 Å². The van der Waals surface area contributed by atoms with Gasteiger partial charge in [-0.25, -0.2) is 4.57 Å². The third-order valence-electron chi connectivity index (χ3n) is 2.08. The first kappa shape index (κ1) is 14.6. The van der Waals surface area contributed by atoms with Crippen molar-refractivity contribution >= 4 is 13.5 Å². The number of nitrogens with zero attached hydrogens (tertiary/aromatic N) is 1. The van der Waals surface area contributed by atoms with Crippen molar-refractivity contribution in [2.45, 2.75) is 12.8 Å². The number of rotatable bonds is 6. The van der Waals surface area contributed by atoms with Crippen LogP contribution in [0.15, 0.2) is 18.2 Å². The number of aliphatic hydroxyl groups excluding tert-OH is 1. The average Bonchev–Trinajstić information content (AvgIpc) is 2.25. The molecule has 3 N–H and O–H groups in total. The summed E-state index contributed by atoms with van der Waals surface area (Å²) in [4.78, 5) is 27.4. The molecule has 0 fully saturated rings. The van der Waals surface area contributed by atoms with E-state index in [0.717, 1.165) is 12.1 Å². The molecule has 0 unspecified atom stereocenters. The average molecular weight is 277 g/mol. The number of aliphatic hydroxyl groups is 1. The molecule has 0 aliphatic carbocycles. The highest BCUT2D eigenvalue weighted by atomic mass is 31.2. The Balaban J connectivity index is 3.08. The molecule has 0 aromatic heterocycles. The lowest BCUT2D eigenvalue weighted by molar-refractivity contribution is -0.384. The van der Waals surface area contributed by atoms with Crippen LogP contribution in [0, 0.1) is 10.1 Å². The minimum atomic E-state index is -4.72. The van der Waals surface area contributed by atoms with E-state index in [9.17, 15) is 14.7 Å². The Hall–Kier alpha value is -1.47. The summed E-state index contributed by atoms with van der Waals surface area (Å²) in [5.41, 5.74) is 0.0579. The van der Waals surface area contributed by atoms with E-state index in [4.69, 9.17) is 14.9 Å². The van der Waals surface area contributed by atoms with E-state index in [0.29, 0.717) is 6.42 Å². The number of nitro benzene ring substituents is 1. The highest BCUT2D eigenvalue weighted by Crippen LogP contribution is 2.40. The Labute approximate surface area is 102 Å². The molecular weight excluding hydrogens is 265 g/mol. The van der Waals surface area contributed by atoms with Gasteiger partial charge < -0.3 is 9.63 Å². The van der Waals surface area contributed by atoms with Gasteiger partial charge in [-0.2, -0.15) is 0 Å². The Morgan fingerprint density at radius 2 is 2.06 bits per heavy atom. The summed E-state index contributed by atoms with van der Waals surface area (Å²) in [6, 6.07) is 3.39. The first-order valence-electron chi connectivity index (χ1n) is 4.97. The molecule has 0 spiro atoms. The summed E-state index contributed by atoms with van der Waals surface area (Å²) in [7, 11) is -4.72. The summed E-state index contributed by atoms with van der Waals surface area (Å²) in [6.45, 7) is -0.141. The van der Waals surface area contributed by atoms with Crippen molar-refractivity contribution in [3.05, 3.63) is 33.9 Å². The van der Waals surface area contributed by atoms with Gasteiger partial charge in [0.05, 0.1) is 4.92 Å². The number of hydrogen-bond acceptors (Lipinski definition) is 5. The first-order chi connectivity index (χ1) is 8.33. The third kappa shape index (κ3) is 4.42. The lowest BCUT2D eigenvalue weighted by atomic mass is 10.1. The minimum Gasteiger partial charge on any atom is -0.404 e. The molecule has 8 nitrogen and oxygen atoms in total. The Morgan fingerprint density at radius 1 is 1.39 bits per heavy atom. The normalized spacial score (nSPS) is 11.3. The molecule has 1 aromatic carbocycles. The lowest BCUT2D eigenvalue weighted by Gasteiger charge is -2.11. The van der Waals surface area contributed by atoms with Gasteiger partial charge in [-0.15, -0.1) is 0 Å². The van der Waals surface area contributed by atoms with E-state index >= 15 is 0 Å². The van der Waals surface area contributed by atoms with Crippen LogP contribution in [0.4, 0.5) is 5.69 Å². The van der Waals surface area contributed by atoms with Crippen molar-refractivity contribution in [1.29, 1.82) is 0 Å². The maximum atomic E-state index is 10.7. The second-order valence-corrected chi connectivity index (χ2v) is 4.62. The van der Waals surface area contributed by atoms with Gasteiger partial charge in [-0.1, -0.05) is 0 Å². The van der Waals surface area contributed by atoms with Crippen LogP contribution in [-0.4, -0.2) is 26.4 Å². The maximum Gasteiger partial charge on any atom is 0.524 e. The smallest absolute Gasteiger partial charge is 0.404 e. The molecule has 9 heteroatoms.